The molecule has 0 radical (unpaired) electrons. The third-order valence-corrected chi connectivity index (χ3v) is 4.20. The van der Waals surface area contributed by atoms with E-state index in [1.165, 1.54) is 17.6 Å². The van der Waals surface area contributed by atoms with Gasteiger partial charge in [-0.1, -0.05) is 0 Å². The van der Waals surface area contributed by atoms with Gasteiger partial charge in [-0.05, 0) is 26.0 Å². The number of furan rings is 1. The summed E-state index contributed by atoms with van der Waals surface area (Å²) in [6.45, 7) is 6.73. The molecule has 0 aromatic carbocycles. The molecule has 22 heavy (non-hydrogen) atoms. The Hall–Kier alpha value is -1.70. The Morgan fingerprint density at radius 3 is 2.91 bits per heavy atom. The van der Waals surface area contributed by atoms with E-state index < -0.39 is 0 Å². The number of carbonyl (C=O) groups excluding carboxylic acids is 1. The topological polar surface area (TPSA) is 67.6 Å². The summed E-state index contributed by atoms with van der Waals surface area (Å²) in [5, 5.41) is 5.31. The van der Waals surface area contributed by atoms with Crippen molar-refractivity contribution in [3.63, 3.8) is 0 Å². The number of anilines is 1. The van der Waals surface area contributed by atoms with E-state index >= 15 is 0 Å². The summed E-state index contributed by atoms with van der Waals surface area (Å²) < 4.78 is 10.8. The number of aromatic nitrogens is 1. The molecule has 2 aromatic rings. The first-order chi connectivity index (χ1) is 10.6. The number of nitrogens with one attached hydrogen (secondary N) is 1. The molecule has 1 N–H and O–H groups in total. The normalized spacial score (nSPS) is 22.6. The zero-order valence-electron chi connectivity index (χ0n) is 12.6. The first-order valence-electron chi connectivity index (χ1n) is 7.27. The zero-order valence-corrected chi connectivity index (χ0v) is 13.4. The lowest BCUT2D eigenvalue weighted by atomic mass is 10.2. The van der Waals surface area contributed by atoms with Gasteiger partial charge in [0.25, 0.3) is 5.91 Å². The number of morpholine rings is 1. The number of ether oxygens (including phenoxy) is 1. The van der Waals surface area contributed by atoms with Crippen LogP contribution in [0.3, 0.4) is 0 Å². The van der Waals surface area contributed by atoms with Crippen molar-refractivity contribution in [2.75, 3.05) is 18.4 Å². The van der Waals surface area contributed by atoms with Gasteiger partial charge in [0.15, 0.2) is 10.9 Å². The van der Waals surface area contributed by atoms with Crippen molar-refractivity contribution in [2.45, 2.75) is 32.6 Å². The summed E-state index contributed by atoms with van der Waals surface area (Å²) in [6.07, 6.45) is 1.95. The lowest BCUT2D eigenvalue weighted by molar-refractivity contribution is -0.0707. The fraction of sp³-hybridized carbons (Fsp3) is 0.467. The number of rotatable bonds is 4. The minimum atomic E-state index is -0.278. The summed E-state index contributed by atoms with van der Waals surface area (Å²) in [5.74, 6) is 0.00657. The molecule has 0 spiro atoms. The van der Waals surface area contributed by atoms with E-state index in [-0.39, 0.29) is 23.9 Å². The van der Waals surface area contributed by atoms with Crippen LogP contribution in [0.1, 0.15) is 30.1 Å². The van der Waals surface area contributed by atoms with Crippen LogP contribution in [-0.2, 0) is 11.3 Å². The zero-order chi connectivity index (χ0) is 15.5. The van der Waals surface area contributed by atoms with E-state index in [0.717, 1.165) is 25.3 Å². The molecular weight excluding hydrogens is 302 g/mol. The van der Waals surface area contributed by atoms with Crippen LogP contribution < -0.4 is 5.32 Å². The second-order valence-electron chi connectivity index (χ2n) is 5.53. The maximum Gasteiger partial charge on any atom is 0.293 e. The maximum atomic E-state index is 11.9. The molecule has 118 valence electrons. The third kappa shape index (κ3) is 3.73. The van der Waals surface area contributed by atoms with Crippen molar-refractivity contribution in [2.24, 2.45) is 0 Å². The summed E-state index contributed by atoms with van der Waals surface area (Å²) in [6, 6.07) is 3.31. The molecule has 1 fully saturated rings. The first kappa shape index (κ1) is 15.2. The smallest absolute Gasteiger partial charge is 0.293 e. The summed E-state index contributed by atoms with van der Waals surface area (Å²) in [4.78, 5) is 18.7. The molecule has 6 nitrogen and oxygen atoms in total. The van der Waals surface area contributed by atoms with Crippen molar-refractivity contribution in [1.29, 1.82) is 0 Å². The molecule has 2 aromatic heterocycles. The molecule has 3 heterocycles. The van der Waals surface area contributed by atoms with Crippen LogP contribution in [0.5, 0.6) is 0 Å². The van der Waals surface area contributed by atoms with Gasteiger partial charge in [-0.2, -0.15) is 0 Å². The number of hydrogen-bond donors (Lipinski definition) is 1. The molecule has 1 aliphatic rings. The van der Waals surface area contributed by atoms with Gasteiger partial charge >= 0.3 is 0 Å². The summed E-state index contributed by atoms with van der Waals surface area (Å²) >= 11 is 1.42. The van der Waals surface area contributed by atoms with Crippen molar-refractivity contribution < 1.29 is 13.9 Å². The number of thiazole rings is 1. The van der Waals surface area contributed by atoms with E-state index in [9.17, 15) is 4.79 Å². The Balaban J connectivity index is 1.58. The van der Waals surface area contributed by atoms with E-state index in [2.05, 4.69) is 29.0 Å². The van der Waals surface area contributed by atoms with E-state index in [1.54, 1.807) is 12.1 Å². The van der Waals surface area contributed by atoms with E-state index in [1.807, 2.05) is 5.38 Å². The molecule has 1 saturated heterocycles. The minimum Gasteiger partial charge on any atom is -0.459 e. The molecule has 2 atom stereocenters. The van der Waals surface area contributed by atoms with E-state index in [4.69, 9.17) is 9.15 Å². The molecular formula is C15H19N3O3S. The van der Waals surface area contributed by atoms with Gasteiger partial charge in [0.2, 0.25) is 0 Å². The standard InChI is InChI=1S/C15H19N3O3S/c1-10-6-18(7-11(2)21-10)8-12-9-22-15(16-12)17-14(19)13-4-3-5-20-13/h3-5,9-11H,6-8H2,1-2H3,(H,16,17,19)/t10-,11-/m0/s1. The quantitative estimate of drug-likeness (QED) is 0.937. The number of carbonyl (C=O) groups is 1. The Bertz CT molecular complexity index is 616. The van der Waals surface area contributed by atoms with Crippen molar-refractivity contribution in [3.8, 4) is 0 Å². The van der Waals surface area contributed by atoms with Gasteiger partial charge in [-0.15, -0.1) is 11.3 Å². The highest BCUT2D eigenvalue weighted by Gasteiger charge is 2.22. The van der Waals surface area contributed by atoms with Gasteiger partial charge in [0.05, 0.1) is 24.2 Å². The highest BCUT2D eigenvalue weighted by atomic mass is 32.1. The second-order valence-corrected chi connectivity index (χ2v) is 6.38. The lowest BCUT2D eigenvalue weighted by Gasteiger charge is -2.34. The average molecular weight is 321 g/mol. The number of nitrogens with zero attached hydrogens (tertiary/aromatic N) is 2. The summed E-state index contributed by atoms with van der Waals surface area (Å²) in [7, 11) is 0. The van der Waals surface area contributed by atoms with Crippen LogP contribution in [0.4, 0.5) is 5.13 Å². The molecule has 0 saturated carbocycles. The Morgan fingerprint density at radius 1 is 1.45 bits per heavy atom. The predicted octanol–water partition coefficient (Wildman–Crippen LogP) is 2.60. The first-order valence-corrected chi connectivity index (χ1v) is 8.15. The van der Waals surface area contributed by atoms with Crippen LogP contribution in [0.15, 0.2) is 28.2 Å². The van der Waals surface area contributed by atoms with E-state index in [0.29, 0.717) is 5.13 Å². The van der Waals surface area contributed by atoms with Crippen LogP contribution in [0.25, 0.3) is 0 Å². The molecule has 1 amide bonds. The van der Waals surface area contributed by atoms with Gasteiger partial charge in [-0.25, -0.2) is 4.98 Å². The average Bonchev–Trinajstić information content (AvgIpc) is 3.09. The monoisotopic (exact) mass is 321 g/mol. The Morgan fingerprint density at radius 2 is 2.23 bits per heavy atom. The van der Waals surface area contributed by atoms with Gasteiger partial charge in [-0.3, -0.25) is 15.0 Å². The third-order valence-electron chi connectivity index (χ3n) is 3.40. The largest absolute Gasteiger partial charge is 0.459 e. The van der Waals surface area contributed by atoms with Crippen LogP contribution in [0, 0.1) is 0 Å². The van der Waals surface area contributed by atoms with Crippen LogP contribution >= 0.6 is 11.3 Å². The summed E-state index contributed by atoms with van der Waals surface area (Å²) in [5.41, 5.74) is 0.959. The Kier molecular flexibility index (Phi) is 4.56. The second kappa shape index (κ2) is 6.60. The number of amides is 1. The van der Waals surface area contributed by atoms with Crippen molar-refractivity contribution in [3.05, 3.63) is 35.2 Å². The van der Waals surface area contributed by atoms with Crippen molar-refractivity contribution >= 4 is 22.4 Å². The van der Waals surface area contributed by atoms with Gasteiger partial charge < -0.3 is 9.15 Å². The highest BCUT2D eigenvalue weighted by molar-refractivity contribution is 7.13. The lowest BCUT2D eigenvalue weighted by Crippen LogP contribution is -2.44. The van der Waals surface area contributed by atoms with Gasteiger partial charge in [0.1, 0.15) is 0 Å². The minimum absolute atomic E-state index is 0.237. The highest BCUT2D eigenvalue weighted by Crippen LogP contribution is 2.20. The SMILES string of the molecule is C[C@H]1CN(Cc2csc(NC(=O)c3ccco3)n2)C[C@H](C)O1. The molecule has 7 heteroatoms. The van der Waals surface area contributed by atoms with Crippen LogP contribution in [0.2, 0.25) is 0 Å². The fourth-order valence-electron chi connectivity index (χ4n) is 2.65. The predicted molar refractivity (Wildman–Crippen MR) is 84.1 cm³/mol. The molecule has 3 rings (SSSR count). The molecule has 0 unspecified atom stereocenters. The Labute approximate surface area is 133 Å². The molecule has 0 aliphatic carbocycles. The molecule has 0 bridgehead atoms. The number of hydrogen-bond acceptors (Lipinski definition) is 6. The molecule has 1 aliphatic heterocycles. The van der Waals surface area contributed by atoms with Crippen molar-refractivity contribution in [1.82, 2.24) is 9.88 Å². The maximum absolute atomic E-state index is 11.9. The van der Waals surface area contributed by atoms with Gasteiger partial charge in [0, 0.05) is 25.0 Å². The van der Waals surface area contributed by atoms with Crippen LogP contribution in [-0.4, -0.2) is 41.1 Å². The fourth-order valence-corrected chi connectivity index (χ4v) is 3.34.